The molecule has 1 N–H and O–H groups in total. The summed E-state index contributed by atoms with van der Waals surface area (Å²) < 4.78 is 5.52. The molecule has 4 unspecified atom stereocenters. The summed E-state index contributed by atoms with van der Waals surface area (Å²) in [6.07, 6.45) is 8.15. The molecule has 2 heteroatoms. The summed E-state index contributed by atoms with van der Waals surface area (Å²) in [7, 11) is 0. The SMILES string of the molecule is CCC(NC1CCCCC1C)C1CCOC1. The maximum absolute atomic E-state index is 5.52. The summed E-state index contributed by atoms with van der Waals surface area (Å²) in [5.74, 6) is 1.63. The van der Waals surface area contributed by atoms with Crippen LogP contribution in [-0.4, -0.2) is 25.3 Å². The van der Waals surface area contributed by atoms with Gasteiger partial charge in [-0.15, -0.1) is 0 Å². The molecule has 2 rings (SSSR count). The van der Waals surface area contributed by atoms with Gasteiger partial charge in [0, 0.05) is 18.7 Å². The lowest BCUT2D eigenvalue weighted by atomic mass is 9.84. The van der Waals surface area contributed by atoms with Crippen molar-refractivity contribution < 1.29 is 4.74 Å². The van der Waals surface area contributed by atoms with Gasteiger partial charge in [0.1, 0.15) is 0 Å². The van der Waals surface area contributed by atoms with Crippen molar-refractivity contribution in [1.82, 2.24) is 5.32 Å². The van der Waals surface area contributed by atoms with E-state index in [0.717, 1.165) is 31.1 Å². The average molecular weight is 225 g/mol. The molecule has 1 heterocycles. The number of hydrogen-bond donors (Lipinski definition) is 1. The third-order valence-electron chi connectivity index (χ3n) is 4.51. The molecule has 0 bridgehead atoms. The van der Waals surface area contributed by atoms with Crippen LogP contribution >= 0.6 is 0 Å². The third-order valence-corrected chi connectivity index (χ3v) is 4.51. The molecule has 0 aromatic carbocycles. The van der Waals surface area contributed by atoms with Gasteiger partial charge in [0.15, 0.2) is 0 Å². The molecule has 0 radical (unpaired) electrons. The Morgan fingerprint density at radius 2 is 2.06 bits per heavy atom. The topological polar surface area (TPSA) is 21.3 Å². The molecule has 94 valence electrons. The van der Waals surface area contributed by atoms with E-state index in [-0.39, 0.29) is 0 Å². The Morgan fingerprint density at radius 1 is 1.25 bits per heavy atom. The van der Waals surface area contributed by atoms with Gasteiger partial charge in [0.2, 0.25) is 0 Å². The first-order valence-corrected chi connectivity index (χ1v) is 7.15. The molecule has 2 nitrogen and oxygen atoms in total. The van der Waals surface area contributed by atoms with E-state index in [1.165, 1.54) is 38.5 Å². The molecule has 1 aliphatic heterocycles. The molecule has 2 fully saturated rings. The maximum Gasteiger partial charge on any atom is 0.0510 e. The van der Waals surface area contributed by atoms with Crippen LogP contribution in [0.15, 0.2) is 0 Å². The van der Waals surface area contributed by atoms with Crippen LogP contribution in [0.2, 0.25) is 0 Å². The van der Waals surface area contributed by atoms with E-state index in [2.05, 4.69) is 19.2 Å². The van der Waals surface area contributed by atoms with Gasteiger partial charge < -0.3 is 10.1 Å². The molecule has 0 aromatic heterocycles. The molecule has 16 heavy (non-hydrogen) atoms. The smallest absolute Gasteiger partial charge is 0.0510 e. The molecule has 0 amide bonds. The summed E-state index contributed by atoms with van der Waals surface area (Å²) in [6.45, 7) is 6.67. The second-order valence-electron chi connectivity index (χ2n) is 5.67. The molecule has 0 spiro atoms. The lowest BCUT2D eigenvalue weighted by molar-refractivity contribution is 0.165. The highest BCUT2D eigenvalue weighted by Gasteiger charge is 2.29. The Bertz CT molecular complexity index is 201. The highest BCUT2D eigenvalue weighted by atomic mass is 16.5. The fourth-order valence-corrected chi connectivity index (χ4v) is 3.30. The summed E-state index contributed by atoms with van der Waals surface area (Å²) in [4.78, 5) is 0. The Balaban J connectivity index is 1.84. The van der Waals surface area contributed by atoms with Crippen LogP contribution in [0.4, 0.5) is 0 Å². The largest absolute Gasteiger partial charge is 0.381 e. The zero-order valence-electron chi connectivity index (χ0n) is 10.9. The van der Waals surface area contributed by atoms with Crippen molar-refractivity contribution in [3.05, 3.63) is 0 Å². The predicted octanol–water partition coefficient (Wildman–Crippen LogP) is 2.97. The van der Waals surface area contributed by atoms with Crippen LogP contribution in [-0.2, 0) is 4.74 Å². The van der Waals surface area contributed by atoms with Crippen LogP contribution in [0, 0.1) is 11.8 Å². The fraction of sp³-hybridized carbons (Fsp3) is 1.00. The molecule has 2 aliphatic rings. The van der Waals surface area contributed by atoms with E-state index in [0.29, 0.717) is 6.04 Å². The van der Waals surface area contributed by atoms with Crippen molar-refractivity contribution >= 4 is 0 Å². The Labute approximate surface area is 100 Å². The van der Waals surface area contributed by atoms with Crippen molar-refractivity contribution in [2.75, 3.05) is 13.2 Å². The van der Waals surface area contributed by atoms with E-state index in [9.17, 15) is 0 Å². The van der Waals surface area contributed by atoms with Crippen molar-refractivity contribution in [1.29, 1.82) is 0 Å². The summed E-state index contributed by atoms with van der Waals surface area (Å²) in [6, 6.07) is 1.45. The van der Waals surface area contributed by atoms with Crippen molar-refractivity contribution in [2.45, 2.75) is 64.5 Å². The van der Waals surface area contributed by atoms with Crippen molar-refractivity contribution in [3.63, 3.8) is 0 Å². The second kappa shape index (κ2) is 6.02. The zero-order valence-corrected chi connectivity index (χ0v) is 10.9. The number of nitrogens with one attached hydrogen (secondary N) is 1. The number of hydrogen-bond acceptors (Lipinski definition) is 2. The minimum Gasteiger partial charge on any atom is -0.381 e. The standard InChI is InChI=1S/C14H27NO/c1-3-13(12-8-9-16-10-12)15-14-7-5-4-6-11(14)2/h11-15H,3-10H2,1-2H3. The first kappa shape index (κ1) is 12.4. The monoisotopic (exact) mass is 225 g/mol. The van der Waals surface area contributed by atoms with E-state index < -0.39 is 0 Å². The van der Waals surface area contributed by atoms with E-state index >= 15 is 0 Å². The first-order valence-electron chi connectivity index (χ1n) is 7.15. The Morgan fingerprint density at radius 3 is 2.69 bits per heavy atom. The van der Waals surface area contributed by atoms with Gasteiger partial charge in [-0.25, -0.2) is 0 Å². The first-order chi connectivity index (χ1) is 7.81. The molecular weight excluding hydrogens is 198 g/mol. The molecule has 1 saturated heterocycles. The Kier molecular flexibility index (Phi) is 4.66. The lowest BCUT2D eigenvalue weighted by Gasteiger charge is -2.35. The summed E-state index contributed by atoms with van der Waals surface area (Å²) >= 11 is 0. The molecule has 4 atom stereocenters. The fourth-order valence-electron chi connectivity index (χ4n) is 3.30. The average Bonchev–Trinajstić information content (AvgIpc) is 2.81. The minimum absolute atomic E-state index is 0.688. The van der Waals surface area contributed by atoms with Gasteiger partial charge in [0.05, 0.1) is 6.61 Å². The summed E-state index contributed by atoms with van der Waals surface area (Å²) in [5.41, 5.74) is 0. The second-order valence-corrected chi connectivity index (χ2v) is 5.67. The van der Waals surface area contributed by atoms with Crippen LogP contribution in [0.3, 0.4) is 0 Å². The normalized spacial score (nSPS) is 37.5. The molecule has 0 aromatic rings. The van der Waals surface area contributed by atoms with Crippen LogP contribution in [0.5, 0.6) is 0 Å². The Hall–Kier alpha value is -0.0800. The highest BCUT2D eigenvalue weighted by molar-refractivity contribution is 4.85. The zero-order chi connectivity index (χ0) is 11.4. The van der Waals surface area contributed by atoms with Gasteiger partial charge in [-0.05, 0) is 37.5 Å². The van der Waals surface area contributed by atoms with Gasteiger partial charge in [0.25, 0.3) is 0 Å². The van der Waals surface area contributed by atoms with E-state index in [4.69, 9.17) is 4.74 Å². The van der Waals surface area contributed by atoms with Crippen LogP contribution in [0.25, 0.3) is 0 Å². The summed E-state index contributed by atoms with van der Waals surface area (Å²) in [5, 5.41) is 3.92. The molecular formula is C14H27NO. The number of rotatable bonds is 4. The van der Waals surface area contributed by atoms with Gasteiger partial charge in [-0.3, -0.25) is 0 Å². The minimum atomic E-state index is 0.688. The number of ether oxygens (including phenoxy) is 1. The van der Waals surface area contributed by atoms with Gasteiger partial charge in [-0.2, -0.15) is 0 Å². The quantitative estimate of drug-likeness (QED) is 0.794. The highest BCUT2D eigenvalue weighted by Crippen LogP contribution is 2.26. The van der Waals surface area contributed by atoms with Crippen molar-refractivity contribution in [3.8, 4) is 0 Å². The van der Waals surface area contributed by atoms with Crippen LogP contribution in [0.1, 0.15) is 52.4 Å². The maximum atomic E-state index is 5.52. The van der Waals surface area contributed by atoms with E-state index in [1.54, 1.807) is 0 Å². The van der Waals surface area contributed by atoms with Crippen LogP contribution < -0.4 is 5.32 Å². The molecule has 1 saturated carbocycles. The molecule has 1 aliphatic carbocycles. The van der Waals surface area contributed by atoms with Crippen molar-refractivity contribution in [2.24, 2.45) is 11.8 Å². The van der Waals surface area contributed by atoms with E-state index in [1.807, 2.05) is 0 Å². The third kappa shape index (κ3) is 2.98. The predicted molar refractivity (Wildman–Crippen MR) is 67.6 cm³/mol. The van der Waals surface area contributed by atoms with Gasteiger partial charge in [-0.1, -0.05) is 26.7 Å². The van der Waals surface area contributed by atoms with Gasteiger partial charge >= 0.3 is 0 Å². The lowest BCUT2D eigenvalue weighted by Crippen LogP contribution is -2.46.